The Hall–Kier alpha value is -2.89. The standard InChI is InChI=1S/C16H16N2O4/c1-10-6-11(2)8-13(7-10)17-16(19)12-4-5-15(22-3)14(9-12)18(20)21/h4-9H,1-3H3,(H,17,19). The Kier molecular flexibility index (Phi) is 4.41. The third-order valence-electron chi connectivity index (χ3n) is 3.12. The highest BCUT2D eigenvalue weighted by Gasteiger charge is 2.18. The number of methoxy groups -OCH3 is 1. The summed E-state index contributed by atoms with van der Waals surface area (Å²) < 4.78 is 4.92. The van der Waals surface area contributed by atoms with Crippen molar-refractivity contribution in [3.05, 3.63) is 63.2 Å². The van der Waals surface area contributed by atoms with E-state index in [0.717, 1.165) is 11.1 Å². The topological polar surface area (TPSA) is 81.5 Å². The normalized spacial score (nSPS) is 10.1. The van der Waals surface area contributed by atoms with Crippen molar-refractivity contribution in [2.45, 2.75) is 13.8 Å². The van der Waals surface area contributed by atoms with Gasteiger partial charge in [0.25, 0.3) is 5.91 Å². The molecule has 6 heteroatoms. The molecular weight excluding hydrogens is 284 g/mol. The molecule has 1 amide bonds. The Bertz CT molecular complexity index is 721. The fraction of sp³-hybridized carbons (Fsp3) is 0.188. The van der Waals surface area contributed by atoms with Crippen LogP contribution >= 0.6 is 0 Å². The van der Waals surface area contributed by atoms with Gasteiger partial charge in [-0.1, -0.05) is 6.07 Å². The van der Waals surface area contributed by atoms with Gasteiger partial charge in [0.1, 0.15) is 0 Å². The van der Waals surface area contributed by atoms with Crippen LogP contribution in [0.15, 0.2) is 36.4 Å². The van der Waals surface area contributed by atoms with Gasteiger partial charge in [-0.05, 0) is 49.2 Å². The third-order valence-corrected chi connectivity index (χ3v) is 3.12. The van der Waals surface area contributed by atoms with Gasteiger partial charge in [-0.3, -0.25) is 14.9 Å². The molecule has 2 aromatic carbocycles. The molecule has 0 saturated heterocycles. The van der Waals surface area contributed by atoms with E-state index in [-0.39, 0.29) is 17.0 Å². The number of aryl methyl sites for hydroxylation is 2. The fourth-order valence-electron chi connectivity index (χ4n) is 2.22. The van der Waals surface area contributed by atoms with Crippen molar-refractivity contribution >= 4 is 17.3 Å². The number of nitro groups is 1. The van der Waals surface area contributed by atoms with Crippen LogP contribution in [0.1, 0.15) is 21.5 Å². The molecule has 0 spiro atoms. The largest absolute Gasteiger partial charge is 0.490 e. The lowest BCUT2D eigenvalue weighted by atomic mass is 10.1. The van der Waals surface area contributed by atoms with Crippen LogP contribution in [-0.4, -0.2) is 17.9 Å². The van der Waals surface area contributed by atoms with E-state index in [2.05, 4.69) is 5.32 Å². The lowest BCUT2D eigenvalue weighted by molar-refractivity contribution is -0.385. The minimum atomic E-state index is -0.577. The first kappa shape index (κ1) is 15.5. The maximum atomic E-state index is 12.2. The van der Waals surface area contributed by atoms with E-state index in [1.807, 2.05) is 32.0 Å². The molecule has 0 aliphatic rings. The number of carbonyl (C=O) groups is 1. The van der Waals surface area contributed by atoms with E-state index in [4.69, 9.17) is 4.74 Å². The van der Waals surface area contributed by atoms with E-state index in [1.165, 1.54) is 25.3 Å². The van der Waals surface area contributed by atoms with Gasteiger partial charge >= 0.3 is 5.69 Å². The molecule has 1 N–H and O–H groups in total. The maximum absolute atomic E-state index is 12.2. The van der Waals surface area contributed by atoms with Crippen molar-refractivity contribution in [2.75, 3.05) is 12.4 Å². The first-order valence-corrected chi connectivity index (χ1v) is 6.63. The van der Waals surface area contributed by atoms with Crippen LogP contribution in [-0.2, 0) is 0 Å². The Morgan fingerprint density at radius 3 is 2.32 bits per heavy atom. The molecule has 0 saturated carbocycles. The molecule has 22 heavy (non-hydrogen) atoms. The number of carbonyl (C=O) groups excluding carboxylic acids is 1. The minimum Gasteiger partial charge on any atom is -0.490 e. The summed E-state index contributed by atoms with van der Waals surface area (Å²) in [6.45, 7) is 3.86. The smallest absolute Gasteiger partial charge is 0.311 e. The summed E-state index contributed by atoms with van der Waals surface area (Å²) in [6.07, 6.45) is 0. The van der Waals surface area contributed by atoms with Crippen molar-refractivity contribution in [1.29, 1.82) is 0 Å². The molecule has 6 nitrogen and oxygen atoms in total. The van der Waals surface area contributed by atoms with Crippen molar-refractivity contribution in [2.24, 2.45) is 0 Å². The van der Waals surface area contributed by atoms with Gasteiger partial charge in [0.05, 0.1) is 12.0 Å². The number of rotatable bonds is 4. The zero-order valence-electron chi connectivity index (χ0n) is 12.5. The number of nitro benzene ring substituents is 1. The van der Waals surface area contributed by atoms with Crippen LogP contribution in [0, 0.1) is 24.0 Å². The molecule has 0 unspecified atom stereocenters. The number of hydrogen-bond acceptors (Lipinski definition) is 4. The molecule has 0 radical (unpaired) electrons. The molecule has 0 aromatic heterocycles. The quantitative estimate of drug-likeness (QED) is 0.692. The summed E-state index contributed by atoms with van der Waals surface area (Å²) in [4.78, 5) is 22.7. The van der Waals surface area contributed by atoms with E-state index in [1.54, 1.807) is 0 Å². The monoisotopic (exact) mass is 300 g/mol. The van der Waals surface area contributed by atoms with Crippen LogP contribution < -0.4 is 10.1 Å². The van der Waals surface area contributed by atoms with E-state index in [0.29, 0.717) is 5.69 Å². The molecule has 0 bridgehead atoms. The molecule has 2 rings (SSSR count). The number of anilines is 1. The van der Waals surface area contributed by atoms with Crippen LogP contribution in [0.4, 0.5) is 11.4 Å². The molecule has 0 aliphatic heterocycles. The molecule has 0 heterocycles. The number of nitrogens with one attached hydrogen (secondary N) is 1. The van der Waals surface area contributed by atoms with Crippen molar-refractivity contribution in [1.82, 2.24) is 0 Å². The molecule has 0 atom stereocenters. The molecule has 0 aliphatic carbocycles. The van der Waals surface area contributed by atoms with Crippen LogP contribution in [0.2, 0.25) is 0 Å². The Morgan fingerprint density at radius 2 is 1.77 bits per heavy atom. The number of nitrogens with zero attached hydrogens (tertiary/aromatic N) is 1. The molecule has 2 aromatic rings. The number of amides is 1. The second kappa shape index (κ2) is 6.26. The van der Waals surface area contributed by atoms with Gasteiger partial charge in [-0.2, -0.15) is 0 Å². The molecule has 0 fully saturated rings. The SMILES string of the molecule is COc1ccc(C(=O)Nc2cc(C)cc(C)c2)cc1[N+](=O)[O-]. The summed E-state index contributed by atoms with van der Waals surface area (Å²) in [6, 6.07) is 9.77. The lowest BCUT2D eigenvalue weighted by Crippen LogP contribution is -2.12. The van der Waals surface area contributed by atoms with Gasteiger partial charge in [0, 0.05) is 17.3 Å². The second-order valence-electron chi connectivity index (χ2n) is 4.97. The summed E-state index contributed by atoms with van der Waals surface area (Å²) in [5.41, 5.74) is 2.66. The Balaban J connectivity index is 2.29. The molecule has 114 valence electrons. The summed E-state index contributed by atoms with van der Waals surface area (Å²) >= 11 is 0. The van der Waals surface area contributed by atoms with Gasteiger partial charge in [-0.25, -0.2) is 0 Å². The highest BCUT2D eigenvalue weighted by atomic mass is 16.6. The average molecular weight is 300 g/mol. The van der Waals surface area contributed by atoms with Crippen LogP contribution in [0.25, 0.3) is 0 Å². The van der Waals surface area contributed by atoms with Gasteiger partial charge in [-0.15, -0.1) is 0 Å². The minimum absolute atomic E-state index is 0.118. The van der Waals surface area contributed by atoms with Crippen LogP contribution in [0.5, 0.6) is 5.75 Å². The number of ether oxygens (including phenoxy) is 1. The second-order valence-corrected chi connectivity index (χ2v) is 4.97. The van der Waals surface area contributed by atoms with E-state index >= 15 is 0 Å². The highest BCUT2D eigenvalue weighted by molar-refractivity contribution is 6.04. The zero-order chi connectivity index (χ0) is 16.3. The van der Waals surface area contributed by atoms with Gasteiger partial charge in [0.15, 0.2) is 5.75 Å². The summed E-state index contributed by atoms with van der Waals surface area (Å²) in [5.74, 6) is -0.288. The number of hydrogen-bond donors (Lipinski definition) is 1. The summed E-state index contributed by atoms with van der Waals surface area (Å²) in [5, 5.41) is 13.7. The Morgan fingerprint density at radius 1 is 1.14 bits per heavy atom. The highest BCUT2D eigenvalue weighted by Crippen LogP contribution is 2.28. The van der Waals surface area contributed by atoms with Crippen molar-refractivity contribution in [3.63, 3.8) is 0 Å². The maximum Gasteiger partial charge on any atom is 0.311 e. The predicted octanol–water partition coefficient (Wildman–Crippen LogP) is 3.47. The van der Waals surface area contributed by atoms with Gasteiger partial charge in [0.2, 0.25) is 0 Å². The van der Waals surface area contributed by atoms with Crippen molar-refractivity contribution in [3.8, 4) is 5.75 Å². The fourth-order valence-corrected chi connectivity index (χ4v) is 2.22. The molecular formula is C16H16N2O4. The van der Waals surface area contributed by atoms with Gasteiger partial charge < -0.3 is 10.1 Å². The zero-order valence-corrected chi connectivity index (χ0v) is 12.5. The Labute approximate surface area is 127 Å². The number of benzene rings is 2. The average Bonchev–Trinajstić information content (AvgIpc) is 2.45. The third kappa shape index (κ3) is 3.41. The first-order chi connectivity index (χ1) is 10.4. The lowest BCUT2D eigenvalue weighted by Gasteiger charge is -2.08. The van der Waals surface area contributed by atoms with E-state index in [9.17, 15) is 14.9 Å². The van der Waals surface area contributed by atoms with E-state index < -0.39 is 10.8 Å². The predicted molar refractivity (Wildman–Crippen MR) is 83.5 cm³/mol. The van der Waals surface area contributed by atoms with Crippen LogP contribution in [0.3, 0.4) is 0 Å². The first-order valence-electron chi connectivity index (χ1n) is 6.63. The van der Waals surface area contributed by atoms with Crippen molar-refractivity contribution < 1.29 is 14.5 Å². The summed E-state index contributed by atoms with van der Waals surface area (Å²) in [7, 11) is 1.34.